The van der Waals surface area contributed by atoms with E-state index in [1.807, 2.05) is 0 Å². The predicted octanol–water partition coefficient (Wildman–Crippen LogP) is 3.05. The second-order valence-electron chi connectivity index (χ2n) is 3.84. The quantitative estimate of drug-likeness (QED) is 0.865. The Balaban J connectivity index is 2.83. The van der Waals surface area contributed by atoms with Crippen LogP contribution < -0.4 is 11.2 Å². The van der Waals surface area contributed by atoms with Crippen LogP contribution >= 0.6 is 34.8 Å². The van der Waals surface area contributed by atoms with Gasteiger partial charge in [-0.15, -0.1) is 0 Å². The third-order valence-corrected chi connectivity index (χ3v) is 3.36. The molecule has 7 heteroatoms. The van der Waals surface area contributed by atoms with Crippen molar-refractivity contribution in [3.8, 4) is 5.69 Å². The van der Waals surface area contributed by atoms with E-state index < -0.39 is 11.2 Å². The van der Waals surface area contributed by atoms with Gasteiger partial charge in [0.15, 0.2) is 0 Å². The van der Waals surface area contributed by atoms with Gasteiger partial charge in [0.2, 0.25) is 0 Å². The van der Waals surface area contributed by atoms with E-state index in [0.29, 0.717) is 27.7 Å². The summed E-state index contributed by atoms with van der Waals surface area (Å²) in [7, 11) is 0. The first-order valence-corrected chi connectivity index (χ1v) is 6.57. The van der Waals surface area contributed by atoms with E-state index in [0.717, 1.165) is 4.57 Å². The molecule has 0 aliphatic heterocycles. The summed E-state index contributed by atoms with van der Waals surface area (Å²) in [6, 6.07) is 4.48. The van der Waals surface area contributed by atoms with Crippen LogP contribution in [-0.4, -0.2) is 9.55 Å². The van der Waals surface area contributed by atoms with E-state index in [-0.39, 0.29) is 5.15 Å². The zero-order valence-electron chi connectivity index (χ0n) is 9.84. The third-order valence-electron chi connectivity index (χ3n) is 2.61. The number of rotatable bonds is 2. The molecule has 19 heavy (non-hydrogen) atoms. The Kier molecular flexibility index (Phi) is 4.04. The van der Waals surface area contributed by atoms with Crippen LogP contribution in [0.4, 0.5) is 0 Å². The van der Waals surface area contributed by atoms with Crippen molar-refractivity contribution < 1.29 is 0 Å². The van der Waals surface area contributed by atoms with Gasteiger partial charge in [-0.3, -0.25) is 9.78 Å². The average molecular weight is 320 g/mol. The molecule has 2 rings (SSSR count). The molecule has 0 fully saturated rings. The molecule has 0 saturated carbocycles. The summed E-state index contributed by atoms with van der Waals surface area (Å²) in [6.07, 6.45) is 0.406. The lowest BCUT2D eigenvalue weighted by Gasteiger charge is -2.08. The zero-order chi connectivity index (χ0) is 14.2. The van der Waals surface area contributed by atoms with Crippen molar-refractivity contribution in [3.63, 3.8) is 0 Å². The molecule has 0 aliphatic rings. The molecule has 1 aromatic heterocycles. The van der Waals surface area contributed by atoms with Gasteiger partial charge in [0.05, 0.1) is 11.3 Å². The van der Waals surface area contributed by atoms with Crippen LogP contribution in [0.3, 0.4) is 0 Å². The first kappa shape index (κ1) is 14.2. The molecule has 100 valence electrons. The van der Waals surface area contributed by atoms with E-state index in [1.165, 1.54) is 18.2 Å². The molecule has 2 aromatic rings. The van der Waals surface area contributed by atoms with Crippen LogP contribution in [0.1, 0.15) is 12.5 Å². The minimum absolute atomic E-state index is 0.0573. The Morgan fingerprint density at radius 3 is 2.21 bits per heavy atom. The van der Waals surface area contributed by atoms with Crippen LogP contribution in [-0.2, 0) is 6.42 Å². The Morgan fingerprint density at radius 1 is 1.11 bits per heavy atom. The SMILES string of the molecule is CCc1c(Cl)[nH]c(=O)n(-c2cc(Cl)cc(Cl)c2)c1=O. The number of H-pyrrole nitrogens is 1. The standard InChI is InChI=1S/C12H9Cl3N2O2/c1-2-9-10(15)16-12(19)17(11(9)18)8-4-6(13)3-7(14)5-8/h3-5H,2H2,1H3,(H,16,19). The van der Waals surface area contributed by atoms with Gasteiger partial charge in [0.1, 0.15) is 5.15 Å². The van der Waals surface area contributed by atoms with Crippen LogP contribution in [0, 0.1) is 0 Å². The normalized spacial score (nSPS) is 10.7. The summed E-state index contributed by atoms with van der Waals surface area (Å²) >= 11 is 17.6. The van der Waals surface area contributed by atoms with Crippen molar-refractivity contribution in [3.05, 3.63) is 59.8 Å². The third kappa shape index (κ3) is 2.71. The van der Waals surface area contributed by atoms with E-state index in [1.54, 1.807) is 6.92 Å². The largest absolute Gasteiger partial charge is 0.334 e. The molecule has 0 aliphatic carbocycles. The van der Waals surface area contributed by atoms with Gasteiger partial charge in [0, 0.05) is 10.0 Å². The summed E-state index contributed by atoms with van der Waals surface area (Å²) in [5, 5.41) is 0.727. The summed E-state index contributed by atoms with van der Waals surface area (Å²) in [6.45, 7) is 1.77. The number of nitrogens with zero attached hydrogens (tertiary/aromatic N) is 1. The Morgan fingerprint density at radius 2 is 1.68 bits per heavy atom. The Bertz CT molecular complexity index is 729. The van der Waals surface area contributed by atoms with Gasteiger partial charge in [-0.25, -0.2) is 9.36 Å². The van der Waals surface area contributed by atoms with Crippen molar-refractivity contribution in [2.75, 3.05) is 0 Å². The molecule has 1 aromatic carbocycles. The lowest BCUT2D eigenvalue weighted by Crippen LogP contribution is -2.36. The number of hydrogen-bond acceptors (Lipinski definition) is 2. The van der Waals surface area contributed by atoms with Crippen LogP contribution in [0.2, 0.25) is 15.2 Å². The number of benzene rings is 1. The lowest BCUT2D eigenvalue weighted by molar-refractivity contribution is 0.842. The molecule has 0 radical (unpaired) electrons. The minimum Gasteiger partial charge on any atom is -0.297 e. The number of aromatic nitrogens is 2. The molecule has 0 spiro atoms. The second-order valence-corrected chi connectivity index (χ2v) is 5.10. The van der Waals surface area contributed by atoms with Crippen LogP contribution in [0.5, 0.6) is 0 Å². The van der Waals surface area contributed by atoms with Gasteiger partial charge >= 0.3 is 5.69 Å². The van der Waals surface area contributed by atoms with Gasteiger partial charge in [0.25, 0.3) is 5.56 Å². The number of hydrogen-bond donors (Lipinski definition) is 1. The fourth-order valence-corrected chi connectivity index (χ4v) is 2.57. The average Bonchev–Trinajstić information content (AvgIpc) is 2.27. The fraction of sp³-hybridized carbons (Fsp3) is 0.167. The van der Waals surface area contributed by atoms with E-state index >= 15 is 0 Å². The first-order chi connectivity index (χ1) is 8.93. The predicted molar refractivity (Wildman–Crippen MR) is 77.1 cm³/mol. The highest BCUT2D eigenvalue weighted by Gasteiger charge is 2.13. The maximum atomic E-state index is 12.2. The highest BCUT2D eigenvalue weighted by Crippen LogP contribution is 2.20. The molecular formula is C12H9Cl3N2O2. The van der Waals surface area contributed by atoms with Gasteiger partial charge in [-0.2, -0.15) is 0 Å². The molecule has 0 amide bonds. The van der Waals surface area contributed by atoms with Crippen LogP contribution in [0.25, 0.3) is 5.69 Å². The smallest absolute Gasteiger partial charge is 0.297 e. The molecular weight excluding hydrogens is 311 g/mol. The summed E-state index contributed by atoms with van der Waals surface area (Å²) in [5.74, 6) is 0. The highest BCUT2D eigenvalue weighted by molar-refractivity contribution is 6.34. The molecule has 0 saturated heterocycles. The molecule has 0 bridgehead atoms. The first-order valence-electron chi connectivity index (χ1n) is 5.44. The molecule has 0 atom stereocenters. The summed E-state index contributed by atoms with van der Waals surface area (Å²) in [5.41, 5.74) is -0.479. The van der Waals surface area contributed by atoms with Crippen molar-refractivity contribution >= 4 is 34.8 Å². The van der Waals surface area contributed by atoms with Gasteiger partial charge in [-0.1, -0.05) is 41.7 Å². The zero-order valence-corrected chi connectivity index (χ0v) is 12.1. The molecule has 1 N–H and O–H groups in total. The van der Waals surface area contributed by atoms with Gasteiger partial charge in [-0.05, 0) is 24.6 Å². The monoisotopic (exact) mass is 318 g/mol. The summed E-state index contributed by atoms with van der Waals surface area (Å²) in [4.78, 5) is 26.5. The number of aromatic amines is 1. The maximum Gasteiger partial charge on any atom is 0.334 e. The minimum atomic E-state index is -0.634. The Hall–Kier alpha value is -1.23. The number of nitrogens with one attached hydrogen (secondary N) is 1. The highest BCUT2D eigenvalue weighted by atomic mass is 35.5. The molecule has 4 nitrogen and oxygen atoms in total. The fourth-order valence-electron chi connectivity index (χ4n) is 1.76. The van der Waals surface area contributed by atoms with Crippen molar-refractivity contribution in [1.82, 2.24) is 9.55 Å². The van der Waals surface area contributed by atoms with Crippen LogP contribution in [0.15, 0.2) is 27.8 Å². The Labute approximate surface area is 123 Å². The van der Waals surface area contributed by atoms with E-state index in [2.05, 4.69) is 4.98 Å². The van der Waals surface area contributed by atoms with Crippen molar-refractivity contribution in [1.29, 1.82) is 0 Å². The topological polar surface area (TPSA) is 54.9 Å². The lowest BCUT2D eigenvalue weighted by atomic mass is 10.2. The number of halogens is 3. The molecule has 1 heterocycles. The van der Waals surface area contributed by atoms with E-state index in [4.69, 9.17) is 34.8 Å². The van der Waals surface area contributed by atoms with Crippen molar-refractivity contribution in [2.45, 2.75) is 13.3 Å². The summed E-state index contributed by atoms with van der Waals surface area (Å²) < 4.78 is 0.961. The maximum absolute atomic E-state index is 12.2. The molecule has 0 unspecified atom stereocenters. The van der Waals surface area contributed by atoms with Gasteiger partial charge < -0.3 is 0 Å². The van der Waals surface area contributed by atoms with E-state index in [9.17, 15) is 9.59 Å². The second kappa shape index (κ2) is 5.41. The van der Waals surface area contributed by atoms with Crippen molar-refractivity contribution in [2.24, 2.45) is 0 Å².